The summed E-state index contributed by atoms with van der Waals surface area (Å²) in [6.45, 7) is 5.39. The lowest BCUT2D eigenvalue weighted by molar-refractivity contribution is 0.350. The van der Waals surface area contributed by atoms with Crippen molar-refractivity contribution in [2.75, 3.05) is 0 Å². The summed E-state index contributed by atoms with van der Waals surface area (Å²) in [5.74, 6) is 7.35. The molecule has 21 heavy (non-hydrogen) atoms. The zero-order valence-electron chi connectivity index (χ0n) is 13.0. The third-order valence-corrected chi connectivity index (χ3v) is 4.97. The maximum Gasteiger partial charge on any atom is 0.0719 e. The summed E-state index contributed by atoms with van der Waals surface area (Å²) in [6.07, 6.45) is 4.80. The number of hydrazine groups is 1. The SMILES string of the molecule is CCn1nc(CC(NN)C2CCC(C)C2)c2ccccc21. The monoisotopic (exact) mass is 286 g/mol. The molecule has 0 bridgehead atoms. The molecule has 3 unspecified atom stereocenters. The summed E-state index contributed by atoms with van der Waals surface area (Å²) in [4.78, 5) is 0. The first kappa shape index (κ1) is 14.5. The molecular weight excluding hydrogens is 260 g/mol. The second-order valence-electron chi connectivity index (χ2n) is 6.44. The molecule has 1 aliphatic carbocycles. The summed E-state index contributed by atoms with van der Waals surface area (Å²) < 4.78 is 2.09. The molecule has 0 saturated heterocycles. The summed E-state index contributed by atoms with van der Waals surface area (Å²) in [5.41, 5.74) is 5.46. The van der Waals surface area contributed by atoms with Crippen molar-refractivity contribution in [1.82, 2.24) is 15.2 Å². The van der Waals surface area contributed by atoms with Gasteiger partial charge in [0.1, 0.15) is 0 Å². The Labute approximate surface area is 126 Å². The van der Waals surface area contributed by atoms with Gasteiger partial charge in [0.15, 0.2) is 0 Å². The number of nitrogens with zero attached hydrogens (tertiary/aromatic N) is 2. The zero-order chi connectivity index (χ0) is 14.8. The molecule has 1 heterocycles. The molecule has 114 valence electrons. The highest BCUT2D eigenvalue weighted by Crippen LogP contribution is 2.34. The Hall–Kier alpha value is -1.39. The normalized spacial score (nSPS) is 23.8. The lowest BCUT2D eigenvalue weighted by atomic mass is 9.93. The van der Waals surface area contributed by atoms with Crippen LogP contribution in [-0.2, 0) is 13.0 Å². The minimum atomic E-state index is 0.332. The fourth-order valence-electron chi connectivity index (χ4n) is 3.77. The molecule has 0 radical (unpaired) electrons. The highest BCUT2D eigenvalue weighted by molar-refractivity contribution is 5.82. The van der Waals surface area contributed by atoms with Crippen molar-refractivity contribution in [2.24, 2.45) is 17.7 Å². The van der Waals surface area contributed by atoms with E-state index in [1.807, 2.05) is 0 Å². The number of aromatic nitrogens is 2. The minimum absolute atomic E-state index is 0.332. The van der Waals surface area contributed by atoms with Gasteiger partial charge in [-0.25, -0.2) is 0 Å². The number of hydrogen-bond acceptors (Lipinski definition) is 3. The van der Waals surface area contributed by atoms with Gasteiger partial charge in [-0.2, -0.15) is 5.10 Å². The first-order valence-electron chi connectivity index (χ1n) is 8.13. The lowest BCUT2D eigenvalue weighted by Gasteiger charge is -2.22. The van der Waals surface area contributed by atoms with Crippen LogP contribution in [0.3, 0.4) is 0 Å². The number of nitrogens with two attached hydrogens (primary N) is 1. The minimum Gasteiger partial charge on any atom is -0.271 e. The molecular formula is C17H26N4. The van der Waals surface area contributed by atoms with Crippen LogP contribution in [0.4, 0.5) is 0 Å². The topological polar surface area (TPSA) is 55.9 Å². The van der Waals surface area contributed by atoms with Gasteiger partial charge < -0.3 is 0 Å². The molecule has 1 aromatic heterocycles. The summed E-state index contributed by atoms with van der Waals surface area (Å²) in [5, 5.41) is 6.08. The highest BCUT2D eigenvalue weighted by atomic mass is 15.3. The van der Waals surface area contributed by atoms with Crippen LogP contribution >= 0.6 is 0 Å². The smallest absolute Gasteiger partial charge is 0.0719 e. The van der Waals surface area contributed by atoms with E-state index in [1.54, 1.807) is 0 Å². The summed E-state index contributed by atoms with van der Waals surface area (Å²) in [6, 6.07) is 8.83. The number of nitrogens with one attached hydrogen (secondary N) is 1. The van der Waals surface area contributed by atoms with E-state index in [1.165, 1.54) is 35.9 Å². The van der Waals surface area contributed by atoms with E-state index in [-0.39, 0.29) is 0 Å². The van der Waals surface area contributed by atoms with Gasteiger partial charge in [-0.15, -0.1) is 0 Å². The average Bonchev–Trinajstić information content (AvgIpc) is 3.09. The highest BCUT2D eigenvalue weighted by Gasteiger charge is 2.29. The Morgan fingerprint density at radius 2 is 2.19 bits per heavy atom. The second-order valence-corrected chi connectivity index (χ2v) is 6.44. The molecule has 1 aromatic carbocycles. The van der Waals surface area contributed by atoms with Crippen LogP contribution in [-0.4, -0.2) is 15.8 Å². The molecule has 4 heteroatoms. The molecule has 1 fully saturated rings. The van der Waals surface area contributed by atoms with E-state index in [2.05, 4.69) is 48.2 Å². The van der Waals surface area contributed by atoms with Crippen LogP contribution in [0.1, 0.15) is 38.8 Å². The molecule has 1 saturated carbocycles. The van der Waals surface area contributed by atoms with Crippen LogP contribution < -0.4 is 11.3 Å². The third kappa shape index (κ3) is 2.83. The third-order valence-electron chi connectivity index (χ3n) is 4.97. The first-order chi connectivity index (χ1) is 10.2. The standard InChI is InChI=1S/C17H26N4/c1-3-21-17-7-5-4-6-14(17)16(20-21)11-15(19-18)13-9-8-12(2)10-13/h4-7,12-13,15,19H,3,8-11,18H2,1-2H3. The number of hydrogen-bond donors (Lipinski definition) is 2. The predicted octanol–water partition coefficient (Wildman–Crippen LogP) is 2.87. The van der Waals surface area contributed by atoms with E-state index in [4.69, 9.17) is 10.9 Å². The van der Waals surface area contributed by atoms with Gasteiger partial charge in [-0.3, -0.25) is 16.0 Å². The fourth-order valence-corrected chi connectivity index (χ4v) is 3.77. The van der Waals surface area contributed by atoms with Crippen molar-refractivity contribution in [3.05, 3.63) is 30.0 Å². The van der Waals surface area contributed by atoms with Gasteiger partial charge in [0.2, 0.25) is 0 Å². The Morgan fingerprint density at radius 3 is 2.86 bits per heavy atom. The van der Waals surface area contributed by atoms with Crippen LogP contribution in [0, 0.1) is 11.8 Å². The van der Waals surface area contributed by atoms with Crippen molar-refractivity contribution in [3.63, 3.8) is 0 Å². The average molecular weight is 286 g/mol. The van der Waals surface area contributed by atoms with Crippen LogP contribution in [0.2, 0.25) is 0 Å². The number of para-hydroxylation sites is 1. The number of aryl methyl sites for hydroxylation is 1. The van der Waals surface area contributed by atoms with Crippen LogP contribution in [0.15, 0.2) is 24.3 Å². The van der Waals surface area contributed by atoms with Gasteiger partial charge in [0, 0.05) is 24.4 Å². The summed E-state index contributed by atoms with van der Waals surface area (Å²) >= 11 is 0. The Balaban J connectivity index is 1.86. The van der Waals surface area contributed by atoms with E-state index in [0.29, 0.717) is 12.0 Å². The van der Waals surface area contributed by atoms with Crippen molar-refractivity contribution in [1.29, 1.82) is 0 Å². The summed E-state index contributed by atoms with van der Waals surface area (Å²) in [7, 11) is 0. The van der Waals surface area contributed by atoms with Crippen molar-refractivity contribution < 1.29 is 0 Å². The Morgan fingerprint density at radius 1 is 1.38 bits per heavy atom. The molecule has 4 nitrogen and oxygen atoms in total. The largest absolute Gasteiger partial charge is 0.271 e. The Kier molecular flexibility index (Phi) is 4.27. The van der Waals surface area contributed by atoms with Gasteiger partial charge >= 0.3 is 0 Å². The zero-order valence-corrected chi connectivity index (χ0v) is 13.0. The fraction of sp³-hybridized carbons (Fsp3) is 0.588. The van der Waals surface area contributed by atoms with Crippen LogP contribution in [0.5, 0.6) is 0 Å². The van der Waals surface area contributed by atoms with E-state index in [9.17, 15) is 0 Å². The molecule has 3 N–H and O–H groups in total. The molecule has 2 aromatic rings. The van der Waals surface area contributed by atoms with Crippen LogP contribution in [0.25, 0.3) is 10.9 Å². The van der Waals surface area contributed by atoms with E-state index in [0.717, 1.165) is 18.9 Å². The van der Waals surface area contributed by atoms with E-state index < -0.39 is 0 Å². The predicted molar refractivity (Wildman–Crippen MR) is 86.7 cm³/mol. The van der Waals surface area contributed by atoms with Gasteiger partial charge in [-0.1, -0.05) is 31.5 Å². The first-order valence-corrected chi connectivity index (χ1v) is 8.13. The second kappa shape index (κ2) is 6.16. The van der Waals surface area contributed by atoms with E-state index >= 15 is 0 Å². The molecule has 0 aliphatic heterocycles. The lowest BCUT2D eigenvalue weighted by Crippen LogP contribution is -2.41. The quantitative estimate of drug-likeness (QED) is 0.656. The molecule has 0 amide bonds. The van der Waals surface area contributed by atoms with Gasteiger partial charge in [0.25, 0.3) is 0 Å². The molecule has 1 aliphatic rings. The number of benzene rings is 1. The van der Waals surface area contributed by atoms with Crippen molar-refractivity contribution >= 4 is 10.9 Å². The molecule has 0 spiro atoms. The van der Waals surface area contributed by atoms with Gasteiger partial charge in [0.05, 0.1) is 11.2 Å². The molecule has 3 atom stereocenters. The van der Waals surface area contributed by atoms with Crippen molar-refractivity contribution in [2.45, 2.75) is 52.1 Å². The maximum absolute atomic E-state index is 5.84. The maximum atomic E-state index is 5.84. The van der Waals surface area contributed by atoms with Gasteiger partial charge in [-0.05, 0) is 37.7 Å². The van der Waals surface area contributed by atoms with Crippen molar-refractivity contribution in [3.8, 4) is 0 Å². The number of fused-ring (bicyclic) bond motifs is 1. The molecule has 3 rings (SSSR count). The Bertz CT molecular complexity index is 604. The number of rotatable bonds is 5.